The van der Waals surface area contributed by atoms with Crippen LogP contribution in [0, 0.1) is 0 Å². The summed E-state index contributed by atoms with van der Waals surface area (Å²) in [5.41, 5.74) is 0.872. The van der Waals surface area contributed by atoms with Crippen molar-refractivity contribution in [3.8, 4) is 10.7 Å². The number of ether oxygens (including phenoxy) is 1. The Kier molecular flexibility index (Phi) is 4.00. The first kappa shape index (κ1) is 12.5. The van der Waals surface area contributed by atoms with Crippen LogP contribution in [0.25, 0.3) is 10.7 Å². The van der Waals surface area contributed by atoms with Crippen molar-refractivity contribution >= 4 is 16.5 Å². The maximum Gasteiger partial charge on any atom is 0.206 e. The highest BCUT2D eigenvalue weighted by Gasteiger charge is 2.15. The van der Waals surface area contributed by atoms with Crippen LogP contribution < -0.4 is 5.32 Å². The van der Waals surface area contributed by atoms with Crippen LogP contribution in [0.3, 0.4) is 0 Å². The lowest BCUT2D eigenvalue weighted by atomic mass is 10.1. The first-order valence-electron chi connectivity index (χ1n) is 6.51. The molecule has 0 aliphatic carbocycles. The summed E-state index contributed by atoms with van der Waals surface area (Å²) in [6, 6.07) is 6.24. The van der Waals surface area contributed by atoms with E-state index in [0.717, 1.165) is 48.3 Å². The zero-order valence-corrected chi connectivity index (χ0v) is 11.4. The highest BCUT2D eigenvalue weighted by Crippen LogP contribution is 2.26. The molecule has 0 saturated carbocycles. The van der Waals surface area contributed by atoms with Gasteiger partial charge in [0.2, 0.25) is 5.13 Å². The lowest BCUT2D eigenvalue weighted by Crippen LogP contribution is -2.19. The average molecular weight is 276 g/mol. The fourth-order valence-corrected chi connectivity index (χ4v) is 2.89. The molecule has 19 heavy (non-hydrogen) atoms. The predicted molar refractivity (Wildman–Crippen MR) is 75.2 cm³/mol. The second-order valence-corrected chi connectivity index (χ2v) is 5.49. The molecule has 1 unspecified atom stereocenters. The molecule has 2 aromatic heterocycles. The molecular formula is C13H16N4OS. The molecule has 1 N–H and O–H groups in total. The lowest BCUT2D eigenvalue weighted by molar-refractivity contribution is 0.144. The van der Waals surface area contributed by atoms with E-state index in [-0.39, 0.29) is 0 Å². The number of nitrogens with one attached hydrogen (secondary N) is 1. The molecule has 100 valence electrons. The van der Waals surface area contributed by atoms with Gasteiger partial charge in [0.05, 0.1) is 0 Å². The molecule has 0 spiro atoms. The summed E-state index contributed by atoms with van der Waals surface area (Å²) in [6.07, 6.45) is 5.02. The normalized spacial score (nSPS) is 19.9. The van der Waals surface area contributed by atoms with Crippen molar-refractivity contribution in [2.45, 2.75) is 25.3 Å². The Morgan fingerprint density at radius 3 is 3.11 bits per heavy atom. The van der Waals surface area contributed by atoms with Gasteiger partial charge in [0.1, 0.15) is 5.69 Å². The van der Waals surface area contributed by atoms with Gasteiger partial charge < -0.3 is 10.1 Å². The van der Waals surface area contributed by atoms with Crippen molar-refractivity contribution in [3.05, 3.63) is 24.4 Å². The maximum absolute atomic E-state index is 5.45. The fraction of sp³-hybridized carbons (Fsp3) is 0.462. The minimum Gasteiger partial charge on any atom is -0.381 e. The average Bonchev–Trinajstić information content (AvgIpc) is 2.76. The van der Waals surface area contributed by atoms with Crippen LogP contribution in [0.2, 0.25) is 0 Å². The van der Waals surface area contributed by atoms with Gasteiger partial charge in [-0.25, -0.2) is 0 Å². The molecule has 5 nitrogen and oxygen atoms in total. The molecule has 0 bridgehead atoms. The maximum atomic E-state index is 5.45. The largest absolute Gasteiger partial charge is 0.381 e. The number of hydrogen-bond donors (Lipinski definition) is 1. The van der Waals surface area contributed by atoms with Gasteiger partial charge in [0.15, 0.2) is 5.01 Å². The Morgan fingerprint density at radius 2 is 2.21 bits per heavy atom. The van der Waals surface area contributed by atoms with E-state index >= 15 is 0 Å². The summed E-state index contributed by atoms with van der Waals surface area (Å²) in [7, 11) is 0. The molecule has 3 heterocycles. The number of nitrogens with zero attached hydrogens (tertiary/aromatic N) is 3. The van der Waals surface area contributed by atoms with Crippen LogP contribution in [0.5, 0.6) is 0 Å². The third-order valence-corrected chi connectivity index (χ3v) is 3.97. The van der Waals surface area contributed by atoms with E-state index in [4.69, 9.17) is 4.74 Å². The first-order chi connectivity index (χ1) is 9.42. The van der Waals surface area contributed by atoms with Gasteiger partial charge in [-0.1, -0.05) is 17.4 Å². The van der Waals surface area contributed by atoms with Gasteiger partial charge in [0.25, 0.3) is 0 Å². The number of anilines is 1. The molecule has 2 aromatic rings. The minimum absolute atomic E-state index is 0.437. The third-order valence-electron chi connectivity index (χ3n) is 3.09. The Hall–Kier alpha value is -1.53. The van der Waals surface area contributed by atoms with Gasteiger partial charge in [0, 0.05) is 25.5 Å². The second kappa shape index (κ2) is 6.08. The Labute approximate surface area is 116 Å². The Balaban J connectivity index is 1.68. The van der Waals surface area contributed by atoms with Crippen molar-refractivity contribution in [3.63, 3.8) is 0 Å². The number of aromatic nitrogens is 3. The number of rotatable bonds is 3. The molecule has 6 heteroatoms. The van der Waals surface area contributed by atoms with Crippen molar-refractivity contribution < 1.29 is 4.74 Å². The van der Waals surface area contributed by atoms with E-state index < -0.39 is 0 Å². The van der Waals surface area contributed by atoms with Gasteiger partial charge in [-0.15, -0.1) is 10.2 Å². The van der Waals surface area contributed by atoms with Crippen LogP contribution in [0.4, 0.5) is 5.13 Å². The summed E-state index contributed by atoms with van der Waals surface area (Å²) < 4.78 is 5.45. The highest BCUT2D eigenvalue weighted by molar-refractivity contribution is 7.18. The van der Waals surface area contributed by atoms with Gasteiger partial charge >= 0.3 is 0 Å². The zero-order valence-electron chi connectivity index (χ0n) is 10.6. The number of hydrogen-bond acceptors (Lipinski definition) is 6. The van der Waals surface area contributed by atoms with E-state index in [0.29, 0.717) is 6.04 Å². The minimum atomic E-state index is 0.437. The van der Waals surface area contributed by atoms with Crippen LogP contribution in [0.15, 0.2) is 24.4 Å². The van der Waals surface area contributed by atoms with Gasteiger partial charge in [-0.05, 0) is 31.4 Å². The van der Waals surface area contributed by atoms with Crippen molar-refractivity contribution in [2.24, 2.45) is 0 Å². The molecule has 1 fully saturated rings. The third kappa shape index (κ3) is 3.27. The summed E-state index contributed by atoms with van der Waals surface area (Å²) in [5.74, 6) is 0. The lowest BCUT2D eigenvalue weighted by Gasteiger charge is -2.13. The van der Waals surface area contributed by atoms with Crippen LogP contribution in [0.1, 0.15) is 19.3 Å². The van der Waals surface area contributed by atoms with Crippen LogP contribution >= 0.6 is 11.3 Å². The molecule has 0 radical (unpaired) electrons. The SMILES string of the molecule is c1ccc(-c2nnc(NC3CCCOCC3)s2)nc1. The van der Waals surface area contributed by atoms with E-state index in [1.807, 2.05) is 18.2 Å². The number of pyridine rings is 1. The van der Waals surface area contributed by atoms with Crippen molar-refractivity contribution in [1.82, 2.24) is 15.2 Å². The molecule has 0 aromatic carbocycles. The molecule has 1 atom stereocenters. The second-order valence-electron chi connectivity index (χ2n) is 4.51. The van der Waals surface area contributed by atoms with Crippen molar-refractivity contribution in [2.75, 3.05) is 18.5 Å². The standard InChI is InChI=1S/C13H16N4OS/c1-2-7-14-11(5-1)12-16-17-13(19-12)15-10-4-3-8-18-9-6-10/h1-2,5,7,10H,3-4,6,8-9H2,(H,15,17). The monoisotopic (exact) mass is 276 g/mol. The van der Waals surface area contributed by atoms with E-state index in [1.54, 1.807) is 17.5 Å². The molecule has 1 saturated heterocycles. The molecular weight excluding hydrogens is 260 g/mol. The highest BCUT2D eigenvalue weighted by atomic mass is 32.1. The summed E-state index contributed by atoms with van der Waals surface area (Å²) in [5, 5.41) is 13.6. The van der Waals surface area contributed by atoms with Crippen LogP contribution in [-0.4, -0.2) is 34.4 Å². The summed E-state index contributed by atoms with van der Waals surface area (Å²) in [6.45, 7) is 1.69. The Bertz CT molecular complexity index is 508. The molecule has 1 aliphatic rings. The van der Waals surface area contributed by atoms with E-state index in [1.165, 1.54) is 0 Å². The fourth-order valence-electron chi connectivity index (χ4n) is 2.10. The van der Waals surface area contributed by atoms with Crippen LogP contribution in [-0.2, 0) is 4.74 Å². The molecule has 1 aliphatic heterocycles. The molecule has 3 rings (SSSR count). The quantitative estimate of drug-likeness (QED) is 0.933. The van der Waals surface area contributed by atoms with Crippen molar-refractivity contribution in [1.29, 1.82) is 0 Å². The Morgan fingerprint density at radius 1 is 1.21 bits per heavy atom. The molecule has 0 amide bonds. The van der Waals surface area contributed by atoms with E-state index in [9.17, 15) is 0 Å². The predicted octanol–water partition coefficient (Wildman–Crippen LogP) is 2.58. The summed E-state index contributed by atoms with van der Waals surface area (Å²) >= 11 is 1.55. The summed E-state index contributed by atoms with van der Waals surface area (Å²) in [4.78, 5) is 4.28. The smallest absolute Gasteiger partial charge is 0.206 e. The topological polar surface area (TPSA) is 59.9 Å². The zero-order chi connectivity index (χ0) is 12.9. The van der Waals surface area contributed by atoms with Gasteiger partial charge in [-0.3, -0.25) is 4.98 Å². The van der Waals surface area contributed by atoms with E-state index in [2.05, 4.69) is 20.5 Å². The van der Waals surface area contributed by atoms with Gasteiger partial charge in [-0.2, -0.15) is 0 Å². The first-order valence-corrected chi connectivity index (χ1v) is 7.32.